The topological polar surface area (TPSA) is 40.6 Å². The lowest BCUT2D eigenvalue weighted by atomic mass is 9.99. The molecule has 0 spiro atoms. The minimum atomic E-state index is -0.0587. The monoisotopic (exact) mass is 434 g/mol. The third kappa shape index (κ3) is 4.85. The minimum Gasteiger partial charge on any atom is -0.281 e. The summed E-state index contributed by atoms with van der Waals surface area (Å²) in [4.78, 5) is 28.8. The van der Waals surface area contributed by atoms with E-state index in [1.54, 1.807) is 23.6 Å². The standard InChI is InChI=1S/C29H26N2O2/c1-22(32)30(26-15-5-3-6-16-26)28-19-11-9-13-24(28)21-25-14-10-12-20-29(25)31(23(2)33)27-17-7-4-8-18-27/h3-20H,21H2,1-2H3. The van der Waals surface area contributed by atoms with Crippen molar-refractivity contribution in [2.75, 3.05) is 9.80 Å². The third-order valence-corrected chi connectivity index (χ3v) is 5.50. The predicted octanol–water partition coefficient (Wildman–Crippen LogP) is 6.65. The Labute approximate surface area is 194 Å². The van der Waals surface area contributed by atoms with E-state index in [0.717, 1.165) is 33.9 Å². The zero-order valence-corrected chi connectivity index (χ0v) is 18.8. The summed E-state index contributed by atoms with van der Waals surface area (Å²) in [5.41, 5.74) is 5.31. The fraction of sp³-hybridized carbons (Fsp3) is 0.103. The molecule has 4 heteroatoms. The van der Waals surface area contributed by atoms with Crippen molar-refractivity contribution in [3.05, 3.63) is 120 Å². The Morgan fingerprint density at radius 1 is 0.515 bits per heavy atom. The van der Waals surface area contributed by atoms with Gasteiger partial charge < -0.3 is 0 Å². The van der Waals surface area contributed by atoms with Gasteiger partial charge in [0.1, 0.15) is 0 Å². The third-order valence-electron chi connectivity index (χ3n) is 5.50. The van der Waals surface area contributed by atoms with E-state index in [1.807, 2.05) is 109 Å². The molecule has 4 aromatic carbocycles. The molecule has 0 aliphatic heterocycles. The quantitative estimate of drug-likeness (QED) is 0.341. The van der Waals surface area contributed by atoms with Gasteiger partial charge in [-0.25, -0.2) is 0 Å². The Bertz CT molecular complexity index is 1150. The van der Waals surface area contributed by atoms with Crippen LogP contribution in [0.15, 0.2) is 109 Å². The normalized spacial score (nSPS) is 10.5. The van der Waals surface area contributed by atoms with Crippen LogP contribution in [-0.2, 0) is 16.0 Å². The molecular formula is C29H26N2O2. The summed E-state index contributed by atoms with van der Waals surface area (Å²) in [6.45, 7) is 3.15. The number of benzene rings is 4. The van der Waals surface area contributed by atoms with Gasteiger partial charge in [-0.1, -0.05) is 72.8 Å². The summed E-state index contributed by atoms with van der Waals surface area (Å²) in [6.07, 6.45) is 0.569. The molecule has 0 fully saturated rings. The first-order valence-electron chi connectivity index (χ1n) is 10.9. The second-order valence-corrected chi connectivity index (χ2v) is 7.81. The van der Waals surface area contributed by atoms with Crippen molar-refractivity contribution in [1.29, 1.82) is 0 Å². The molecule has 164 valence electrons. The molecular weight excluding hydrogens is 408 g/mol. The second-order valence-electron chi connectivity index (χ2n) is 7.81. The zero-order chi connectivity index (χ0) is 23.2. The van der Waals surface area contributed by atoms with Gasteiger partial charge >= 0.3 is 0 Å². The molecule has 2 amide bonds. The van der Waals surface area contributed by atoms with Crippen LogP contribution in [-0.4, -0.2) is 11.8 Å². The number of carbonyl (C=O) groups excluding carboxylic acids is 2. The molecule has 0 bridgehead atoms. The number of anilines is 4. The lowest BCUT2D eigenvalue weighted by molar-refractivity contribution is -0.116. The Hall–Kier alpha value is -4.18. The summed E-state index contributed by atoms with van der Waals surface area (Å²) in [6, 6.07) is 35.1. The van der Waals surface area contributed by atoms with Crippen molar-refractivity contribution in [3.63, 3.8) is 0 Å². The van der Waals surface area contributed by atoms with E-state index in [2.05, 4.69) is 0 Å². The first-order valence-corrected chi connectivity index (χ1v) is 10.9. The molecule has 0 atom stereocenters. The first-order chi connectivity index (χ1) is 16.1. The first kappa shape index (κ1) is 22.0. The van der Waals surface area contributed by atoms with E-state index < -0.39 is 0 Å². The molecule has 33 heavy (non-hydrogen) atoms. The lowest BCUT2D eigenvalue weighted by Crippen LogP contribution is -2.25. The summed E-state index contributed by atoms with van der Waals surface area (Å²) >= 11 is 0. The Morgan fingerprint density at radius 3 is 1.21 bits per heavy atom. The molecule has 0 radical (unpaired) electrons. The number of rotatable bonds is 6. The summed E-state index contributed by atoms with van der Waals surface area (Å²) in [5.74, 6) is -0.117. The zero-order valence-electron chi connectivity index (χ0n) is 18.8. The molecule has 4 rings (SSSR count). The van der Waals surface area contributed by atoms with Crippen molar-refractivity contribution in [2.24, 2.45) is 0 Å². The van der Waals surface area contributed by atoms with Gasteiger partial charge in [0.15, 0.2) is 0 Å². The van der Waals surface area contributed by atoms with Crippen LogP contribution in [0.2, 0.25) is 0 Å². The van der Waals surface area contributed by atoms with Crippen LogP contribution < -0.4 is 9.80 Å². The van der Waals surface area contributed by atoms with Gasteiger partial charge in [0.05, 0.1) is 11.4 Å². The number of amides is 2. The maximum absolute atomic E-state index is 12.7. The highest BCUT2D eigenvalue weighted by Gasteiger charge is 2.20. The average Bonchev–Trinajstić information content (AvgIpc) is 2.82. The number of carbonyl (C=O) groups is 2. The predicted molar refractivity (Wildman–Crippen MR) is 134 cm³/mol. The van der Waals surface area contributed by atoms with Gasteiger partial charge in [-0.2, -0.15) is 0 Å². The van der Waals surface area contributed by atoms with Crippen LogP contribution >= 0.6 is 0 Å². The molecule has 0 unspecified atom stereocenters. The molecule has 4 aromatic rings. The Kier molecular flexibility index (Phi) is 6.65. The van der Waals surface area contributed by atoms with Crippen molar-refractivity contribution >= 4 is 34.6 Å². The van der Waals surface area contributed by atoms with Crippen LogP contribution in [0.25, 0.3) is 0 Å². The maximum atomic E-state index is 12.7. The number of para-hydroxylation sites is 4. The molecule has 4 nitrogen and oxygen atoms in total. The van der Waals surface area contributed by atoms with Crippen LogP contribution in [0.1, 0.15) is 25.0 Å². The number of hydrogen-bond donors (Lipinski definition) is 0. The molecule has 0 aliphatic carbocycles. The van der Waals surface area contributed by atoms with E-state index >= 15 is 0 Å². The minimum absolute atomic E-state index is 0.0587. The molecule has 0 N–H and O–H groups in total. The van der Waals surface area contributed by atoms with Gasteiger partial charge in [0.25, 0.3) is 0 Å². The van der Waals surface area contributed by atoms with Crippen LogP contribution in [0.3, 0.4) is 0 Å². The molecule has 0 heterocycles. The highest BCUT2D eigenvalue weighted by atomic mass is 16.2. The summed E-state index contributed by atoms with van der Waals surface area (Å²) in [5, 5.41) is 0. The van der Waals surface area contributed by atoms with Gasteiger partial charge in [-0.15, -0.1) is 0 Å². The molecule has 0 aliphatic rings. The molecule has 0 saturated carbocycles. The van der Waals surface area contributed by atoms with Gasteiger partial charge in [-0.05, 0) is 47.5 Å². The summed E-state index contributed by atoms with van der Waals surface area (Å²) in [7, 11) is 0. The van der Waals surface area contributed by atoms with Crippen LogP contribution in [0, 0.1) is 0 Å². The van der Waals surface area contributed by atoms with E-state index in [1.165, 1.54) is 0 Å². The van der Waals surface area contributed by atoms with Crippen molar-refractivity contribution in [1.82, 2.24) is 0 Å². The highest BCUT2D eigenvalue weighted by Crippen LogP contribution is 2.34. The maximum Gasteiger partial charge on any atom is 0.228 e. The SMILES string of the molecule is CC(=O)N(c1ccccc1)c1ccccc1Cc1ccccc1N(C(C)=O)c1ccccc1. The van der Waals surface area contributed by atoms with Gasteiger partial charge in [-0.3, -0.25) is 19.4 Å². The van der Waals surface area contributed by atoms with Crippen LogP contribution in [0.4, 0.5) is 22.7 Å². The van der Waals surface area contributed by atoms with Crippen LogP contribution in [0.5, 0.6) is 0 Å². The van der Waals surface area contributed by atoms with Gasteiger partial charge in [0, 0.05) is 31.6 Å². The number of nitrogens with zero attached hydrogens (tertiary/aromatic N) is 2. The number of hydrogen-bond acceptors (Lipinski definition) is 2. The lowest BCUT2D eigenvalue weighted by Gasteiger charge is -2.26. The van der Waals surface area contributed by atoms with Gasteiger partial charge in [0.2, 0.25) is 11.8 Å². The largest absolute Gasteiger partial charge is 0.281 e. The Balaban J connectivity index is 1.78. The fourth-order valence-electron chi connectivity index (χ4n) is 4.10. The fourth-order valence-corrected chi connectivity index (χ4v) is 4.10. The van der Waals surface area contributed by atoms with Crippen molar-refractivity contribution < 1.29 is 9.59 Å². The Morgan fingerprint density at radius 2 is 0.848 bits per heavy atom. The molecule has 0 saturated heterocycles. The smallest absolute Gasteiger partial charge is 0.228 e. The van der Waals surface area contributed by atoms with E-state index in [0.29, 0.717) is 6.42 Å². The summed E-state index contributed by atoms with van der Waals surface area (Å²) < 4.78 is 0. The average molecular weight is 435 g/mol. The van der Waals surface area contributed by atoms with E-state index in [4.69, 9.17) is 0 Å². The van der Waals surface area contributed by atoms with E-state index in [9.17, 15) is 9.59 Å². The van der Waals surface area contributed by atoms with Crippen molar-refractivity contribution in [2.45, 2.75) is 20.3 Å². The second kappa shape index (κ2) is 9.96. The van der Waals surface area contributed by atoms with Crippen molar-refractivity contribution in [3.8, 4) is 0 Å². The highest BCUT2D eigenvalue weighted by molar-refractivity contribution is 6.01. The molecule has 0 aromatic heterocycles. The van der Waals surface area contributed by atoms with E-state index in [-0.39, 0.29) is 11.8 Å².